The third-order valence-corrected chi connectivity index (χ3v) is 2.32. The zero-order valence-electron chi connectivity index (χ0n) is 9.01. The van der Waals surface area contributed by atoms with Crippen LogP contribution < -0.4 is 5.32 Å². The van der Waals surface area contributed by atoms with Gasteiger partial charge in [-0.05, 0) is 12.1 Å². The number of nitriles is 1. The van der Waals surface area contributed by atoms with Crippen molar-refractivity contribution in [3.05, 3.63) is 30.3 Å². The molecule has 0 radical (unpaired) electrons. The van der Waals surface area contributed by atoms with E-state index >= 15 is 0 Å². The lowest BCUT2D eigenvalue weighted by Crippen LogP contribution is -2.37. The minimum Gasteiger partial charge on any atom is -0.390 e. The van der Waals surface area contributed by atoms with Gasteiger partial charge in [-0.15, -0.1) is 11.6 Å². The van der Waals surface area contributed by atoms with E-state index < -0.39 is 12.1 Å². The fraction of sp³-hybridized carbons (Fsp3) is 0.273. The van der Waals surface area contributed by atoms with E-state index in [1.54, 1.807) is 30.5 Å². The van der Waals surface area contributed by atoms with Crippen LogP contribution in [0.5, 0.6) is 0 Å². The molecule has 0 aromatic heterocycles. The molecular weight excluding hydrogens is 242 g/mol. The molecule has 0 aliphatic carbocycles. The highest BCUT2D eigenvalue weighted by molar-refractivity contribution is 6.18. The van der Waals surface area contributed by atoms with Crippen molar-refractivity contribution in [3.63, 3.8) is 0 Å². The van der Waals surface area contributed by atoms with Gasteiger partial charge < -0.3 is 10.4 Å². The average Bonchev–Trinajstić information content (AvgIpc) is 2.36. The summed E-state index contributed by atoms with van der Waals surface area (Å²) in [5.41, 5.74) is 0.582. The Bertz CT molecular complexity index is 405. The summed E-state index contributed by atoms with van der Waals surface area (Å²) in [6.45, 7) is -0.126. The number of benzene rings is 1. The third-order valence-electron chi connectivity index (χ3n) is 1.96. The van der Waals surface area contributed by atoms with Crippen LogP contribution in [0.25, 0.3) is 0 Å². The van der Waals surface area contributed by atoms with E-state index in [0.717, 1.165) is 4.90 Å². The second-order valence-electron chi connectivity index (χ2n) is 3.31. The largest absolute Gasteiger partial charge is 0.390 e. The molecule has 1 atom stereocenters. The molecule has 1 unspecified atom stereocenters. The quantitative estimate of drug-likeness (QED) is 0.486. The van der Waals surface area contributed by atoms with Crippen LogP contribution in [0.15, 0.2) is 30.3 Å². The first-order valence-corrected chi connectivity index (χ1v) is 5.48. The molecule has 2 amide bonds. The Morgan fingerprint density at radius 3 is 2.71 bits per heavy atom. The molecule has 0 bridgehead atoms. The van der Waals surface area contributed by atoms with Crippen molar-refractivity contribution in [2.45, 2.75) is 6.10 Å². The van der Waals surface area contributed by atoms with Crippen LogP contribution in [0.1, 0.15) is 0 Å². The number of nitrogens with zero attached hydrogens (tertiary/aromatic N) is 2. The maximum absolute atomic E-state index is 11.6. The van der Waals surface area contributed by atoms with Gasteiger partial charge >= 0.3 is 6.03 Å². The number of hydrogen-bond acceptors (Lipinski definition) is 3. The summed E-state index contributed by atoms with van der Waals surface area (Å²) < 4.78 is 0. The monoisotopic (exact) mass is 253 g/mol. The number of anilines is 1. The fourth-order valence-corrected chi connectivity index (χ4v) is 1.24. The lowest BCUT2D eigenvalue weighted by molar-refractivity contribution is 0.161. The van der Waals surface area contributed by atoms with Crippen molar-refractivity contribution in [2.24, 2.45) is 0 Å². The Kier molecular flexibility index (Phi) is 5.27. The number of hydrogen-bond donors (Lipinski definition) is 2. The Balaban J connectivity index is 2.59. The maximum atomic E-state index is 11.6. The zero-order chi connectivity index (χ0) is 12.7. The standard InChI is InChI=1S/C11H12ClN3O2/c12-6-10(16)7-15(8-13)11(17)14-9-4-2-1-3-5-9/h1-5,10,16H,6-7H2,(H,14,17). The molecule has 0 aliphatic rings. The highest BCUT2D eigenvalue weighted by Crippen LogP contribution is 2.06. The second kappa shape index (κ2) is 6.74. The molecule has 17 heavy (non-hydrogen) atoms. The lowest BCUT2D eigenvalue weighted by atomic mass is 10.3. The van der Waals surface area contributed by atoms with Gasteiger partial charge in [0.2, 0.25) is 0 Å². The van der Waals surface area contributed by atoms with E-state index in [9.17, 15) is 9.90 Å². The molecule has 6 heteroatoms. The summed E-state index contributed by atoms with van der Waals surface area (Å²) in [7, 11) is 0. The van der Waals surface area contributed by atoms with E-state index in [0.29, 0.717) is 5.69 Å². The Morgan fingerprint density at radius 2 is 2.18 bits per heavy atom. The first kappa shape index (κ1) is 13.3. The van der Waals surface area contributed by atoms with Crippen molar-refractivity contribution in [2.75, 3.05) is 17.7 Å². The number of aliphatic hydroxyl groups is 1. The van der Waals surface area contributed by atoms with Crippen LogP contribution in [-0.2, 0) is 0 Å². The summed E-state index contributed by atoms with van der Waals surface area (Å²) in [6, 6.07) is 8.15. The Morgan fingerprint density at radius 1 is 1.53 bits per heavy atom. The van der Waals surface area contributed by atoms with Gasteiger partial charge in [-0.3, -0.25) is 0 Å². The lowest BCUT2D eigenvalue weighted by Gasteiger charge is -2.16. The van der Waals surface area contributed by atoms with Gasteiger partial charge in [-0.2, -0.15) is 5.26 Å². The fourth-order valence-electron chi connectivity index (χ4n) is 1.14. The topological polar surface area (TPSA) is 76.4 Å². The summed E-state index contributed by atoms with van der Waals surface area (Å²) in [5.74, 6) is -0.0310. The van der Waals surface area contributed by atoms with Crippen molar-refractivity contribution in [3.8, 4) is 6.19 Å². The van der Waals surface area contributed by atoms with E-state index in [1.165, 1.54) is 0 Å². The minimum absolute atomic E-state index is 0.0310. The van der Waals surface area contributed by atoms with Crippen LogP contribution in [0.2, 0.25) is 0 Å². The summed E-state index contributed by atoms with van der Waals surface area (Å²) in [5, 5.41) is 20.6. The molecule has 0 heterocycles. The smallest absolute Gasteiger partial charge is 0.335 e. The van der Waals surface area contributed by atoms with Gasteiger partial charge in [0.15, 0.2) is 6.19 Å². The normalized spacial score (nSPS) is 11.4. The van der Waals surface area contributed by atoms with Crippen molar-refractivity contribution in [1.29, 1.82) is 5.26 Å². The van der Waals surface area contributed by atoms with Gasteiger partial charge in [0.1, 0.15) is 0 Å². The number of carbonyl (C=O) groups is 1. The van der Waals surface area contributed by atoms with Crippen molar-refractivity contribution < 1.29 is 9.90 Å². The molecule has 1 aromatic carbocycles. The number of nitrogens with one attached hydrogen (secondary N) is 1. The first-order valence-electron chi connectivity index (χ1n) is 4.94. The Labute approximate surface area is 104 Å². The number of aliphatic hydroxyl groups excluding tert-OH is 1. The van der Waals surface area contributed by atoms with E-state index in [4.69, 9.17) is 16.9 Å². The third kappa shape index (κ3) is 4.31. The van der Waals surface area contributed by atoms with Gasteiger partial charge in [-0.25, -0.2) is 9.69 Å². The zero-order valence-corrected chi connectivity index (χ0v) is 9.76. The number of alkyl halides is 1. The molecule has 2 N–H and O–H groups in total. The van der Waals surface area contributed by atoms with Crippen molar-refractivity contribution >= 4 is 23.3 Å². The van der Waals surface area contributed by atoms with Gasteiger partial charge in [-0.1, -0.05) is 18.2 Å². The van der Waals surface area contributed by atoms with E-state index in [2.05, 4.69) is 5.32 Å². The molecule has 5 nitrogen and oxygen atoms in total. The molecule has 1 aromatic rings. The predicted molar refractivity (Wildman–Crippen MR) is 64.5 cm³/mol. The average molecular weight is 254 g/mol. The number of carbonyl (C=O) groups excluding carboxylic acids is 1. The number of rotatable bonds is 4. The van der Waals surface area contributed by atoms with E-state index in [1.807, 2.05) is 6.07 Å². The van der Waals surface area contributed by atoms with Gasteiger partial charge in [0.25, 0.3) is 0 Å². The van der Waals surface area contributed by atoms with Gasteiger partial charge in [0.05, 0.1) is 18.5 Å². The van der Waals surface area contributed by atoms with Crippen molar-refractivity contribution in [1.82, 2.24) is 4.90 Å². The predicted octanol–water partition coefficient (Wildman–Crippen LogP) is 1.60. The summed E-state index contributed by atoms with van der Waals surface area (Å²) in [4.78, 5) is 12.5. The van der Waals surface area contributed by atoms with Crippen LogP contribution in [0.4, 0.5) is 10.5 Å². The molecule has 0 spiro atoms. The number of halogens is 1. The molecule has 1 rings (SSSR count). The van der Waals surface area contributed by atoms with Gasteiger partial charge in [0, 0.05) is 5.69 Å². The van der Waals surface area contributed by atoms with Crippen LogP contribution in [0, 0.1) is 11.5 Å². The highest BCUT2D eigenvalue weighted by Gasteiger charge is 2.16. The molecule has 90 valence electrons. The second-order valence-corrected chi connectivity index (χ2v) is 3.62. The molecular formula is C11H12ClN3O2. The summed E-state index contributed by atoms with van der Waals surface area (Å²) in [6.07, 6.45) is 0.771. The number of para-hydroxylation sites is 1. The summed E-state index contributed by atoms with van der Waals surface area (Å²) >= 11 is 5.40. The number of urea groups is 1. The highest BCUT2D eigenvalue weighted by atomic mass is 35.5. The first-order chi connectivity index (χ1) is 8.17. The van der Waals surface area contributed by atoms with E-state index in [-0.39, 0.29) is 12.4 Å². The number of amides is 2. The maximum Gasteiger partial charge on any atom is 0.335 e. The van der Waals surface area contributed by atoms with Crippen LogP contribution >= 0.6 is 11.6 Å². The van der Waals surface area contributed by atoms with Crippen LogP contribution in [-0.4, -0.2) is 34.6 Å². The molecule has 0 saturated carbocycles. The molecule has 0 saturated heterocycles. The molecule has 0 fully saturated rings. The molecule has 0 aliphatic heterocycles. The van der Waals surface area contributed by atoms with Crippen LogP contribution in [0.3, 0.4) is 0 Å². The SMILES string of the molecule is N#CN(CC(O)CCl)C(=O)Nc1ccccc1. The Hall–Kier alpha value is -1.77. The minimum atomic E-state index is -0.919.